The monoisotopic (exact) mass is 520 g/mol. The van der Waals surface area contributed by atoms with E-state index in [1.165, 1.54) is 18.4 Å². The molecule has 1 aliphatic heterocycles. The van der Waals surface area contributed by atoms with Gasteiger partial charge < -0.3 is 4.90 Å². The van der Waals surface area contributed by atoms with Crippen LogP contribution in [-0.4, -0.2) is 6.54 Å². The maximum atomic E-state index is 10.2. The minimum atomic E-state index is -0.0963. The summed E-state index contributed by atoms with van der Waals surface area (Å²) in [5, 5.41) is 19.9. The van der Waals surface area contributed by atoms with Gasteiger partial charge in [-0.25, -0.2) is 10.1 Å². The number of hydrogen-bond acceptors (Lipinski definition) is 3. The minimum Gasteiger partial charge on any atom is -0.341 e. The Morgan fingerprint density at radius 1 is 0.900 bits per heavy atom. The van der Waals surface area contributed by atoms with Crippen molar-refractivity contribution in [3.8, 4) is 12.1 Å². The molecule has 0 aliphatic carbocycles. The van der Waals surface area contributed by atoms with Gasteiger partial charge in [-0.1, -0.05) is 105 Å². The van der Waals surface area contributed by atoms with Gasteiger partial charge in [-0.05, 0) is 54.3 Å². The topological polar surface area (TPSA) is 55.2 Å². The summed E-state index contributed by atoms with van der Waals surface area (Å²) in [5.74, 6) is 0. The highest BCUT2D eigenvalue weighted by atomic mass is 15.1. The van der Waals surface area contributed by atoms with Crippen LogP contribution in [0.15, 0.2) is 114 Å². The number of rotatable bonds is 9. The molecular formula is C36H32N4. The van der Waals surface area contributed by atoms with E-state index in [4.69, 9.17) is 6.57 Å². The number of para-hydroxylation sites is 1. The lowest BCUT2D eigenvalue weighted by Crippen LogP contribution is -2.26. The second-order valence-electron chi connectivity index (χ2n) is 9.75. The van der Waals surface area contributed by atoms with Crippen LogP contribution in [0, 0.1) is 36.2 Å². The molecule has 0 N–H and O–H groups in total. The average molecular weight is 521 g/mol. The first-order valence-corrected chi connectivity index (χ1v) is 13.7. The van der Waals surface area contributed by atoms with Crippen LogP contribution in [0.25, 0.3) is 16.0 Å². The van der Waals surface area contributed by atoms with Crippen LogP contribution in [0.5, 0.6) is 0 Å². The van der Waals surface area contributed by atoms with Gasteiger partial charge in [-0.15, -0.1) is 0 Å². The molecule has 4 nitrogen and oxygen atoms in total. The van der Waals surface area contributed by atoms with Gasteiger partial charge in [0.05, 0.1) is 24.3 Å². The van der Waals surface area contributed by atoms with Gasteiger partial charge in [-0.2, -0.15) is 5.26 Å². The molecule has 3 aromatic rings. The number of benzene rings is 3. The fraction of sp³-hybridized carbons (Fsp3) is 0.194. The molecule has 0 aromatic heterocycles. The van der Waals surface area contributed by atoms with E-state index in [1.807, 2.05) is 61.5 Å². The van der Waals surface area contributed by atoms with E-state index in [-0.39, 0.29) is 11.3 Å². The highest BCUT2D eigenvalue weighted by Crippen LogP contribution is 2.39. The minimum absolute atomic E-state index is 0.0963. The summed E-state index contributed by atoms with van der Waals surface area (Å²) in [5.41, 5.74) is 7.79. The molecule has 0 bridgehead atoms. The summed E-state index contributed by atoms with van der Waals surface area (Å²) in [4.78, 5) is 5.77. The lowest BCUT2D eigenvalue weighted by atomic mass is 9.91. The van der Waals surface area contributed by atoms with E-state index in [0.717, 1.165) is 47.5 Å². The van der Waals surface area contributed by atoms with E-state index < -0.39 is 0 Å². The number of anilines is 1. The van der Waals surface area contributed by atoms with Crippen molar-refractivity contribution in [2.45, 2.75) is 39.5 Å². The zero-order chi connectivity index (χ0) is 28.3. The summed E-state index contributed by atoms with van der Waals surface area (Å²) in [6.45, 7) is 12.6. The van der Waals surface area contributed by atoms with Crippen molar-refractivity contribution < 1.29 is 0 Å². The highest BCUT2D eigenvalue weighted by Gasteiger charge is 2.23. The van der Waals surface area contributed by atoms with E-state index in [1.54, 1.807) is 6.08 Å². The first kappa shape index (κ1) is 27.9. The maximum Gasteiger partial charge on any atom is 0.270 e. The maximum absolute atomic E-state index is 10.2. The Bertz CT molecular complexity index is 1580. The molecule has 0 saturated carbocycles. The second kappa shape index (κ2) is 13.6. The van der Waals surface area contributed by atoms with Gasteiger partial charge in [-0.3, -0.25) is 0 Å². The van der Waals surface area contributed by atoms with Crippen molar-refractivity contribution in [1.82, 2.24) is 0 Å². The smallest absolute Gasteiger partial charge is 0.270 e. The third-order valence-corrected chi connectivity index (χ3v) is 7.01. The quantitative estimate of drug-likeness (QED) is 0.122. The van der Waals surface area contributed by atoms with Crippen LogP contribution in [-0.2, 0) is 0 Å². The molecule has 3 aromatic carbocycles. The van der Waals surface area contributed by atoms with Gasteiger partial charge in [0, 0.05) is 29.1 Å². The fourth-order valence-corrected chi connectivity index (χ4v) is 4.94. The largest absolute Gasteiger partial charge is 0.341 e. The molecule has 1 aliphatic rings. The Kier molecular flexibility index (Phi) is 9.50. The molecular weight excluding hydrogens is 488 g/mol. The number of nitrogens with zero attached hydrogens (tertiary/aromatic N) is 4. The first-order valence-electron chi connectivity index (χ1n) is 13.7. The van der Waals surface area contributed by atoms with E-state index in [2.05, 4.69) is 65.2 Å². The molecule has 0 spiro atoms. The van der Waals surface area contributed by atoms with Crippen LogP contribution in [0.1, 0.15) is 54.9 Å². The number of aryl methyl sites for hydroxylation is 1. The molecule has 196 valence electrons. The predicted octanol–water partition coefficient (Wildman–Crippen LogP) is 9.02. The van der Waals surface area contributed by atoms with Crippen molar-refractivity contribution in [2.24, 2.45) is 0 Å². The van der Waals surface area contributed by atoms with Crippen LogP contribution >= 0.6 is 0 Å². The van der Waals surface area contributed by atoms with Crippen molar-refractivity contribution in [3.05, 3.63) is 148 Å². The summed E-state index contributed by atoms with van der Waals surface area (Å²) >= 11 is 0. The second-order valence-corrected chi connectivity index (χ2v) is 9.75. The average Bonchev–Trinajstić information content (AvgIpc) is 3.00. The summed E-state index contributed by atoms with van der Waals surface area (Å²) in [7, 11) is 0. The number of hydrogen-bond donors (Lipinski definition) is 0. The Balaban J connectivity index is 1.88. The van der Waals surface area contributed by atoms with E-state index in [9.17, 15) is 10.5 Å². The van der Waals surface area contributed by atoms with Crippen molar-refractivity contribution >= 4 is 16.8 Å². The Labute approximate surface area is 237 Å². The molecule has 0 amide bonds. The molecule has 40 heavy (non-hydrogen) atoms. The number of allylic oxidation sites excluding steroid dienone is 6. The molecule has 4 heteroatoms. The summed E-state index contributed by atoms with van der Waals surface area (Å²) < 4.78 is 0. The fourth-order valence-electron chi connectivity index (χ4n) is 4.94. The predicted molar refractivity (Wildman–Crippen MR) is 164 cm³/mol. The van der Waals surface area contributed by atoms with Crippen molar-refractivity contribution in [3.63, 3.8) is 0 Å². The zero-order valence-electron chi connectivity index (χ0n) is 23.1. The van der Waals surface area contributed by atoms with Crippen LogP contribution in [0.4, 0.5) is 5.69 Å². The zero-order valence-corrected chi connectivity index (χ0v) is 23.1. The number of fused-ring (bicyclic) bond motifs is 1. The van der Waals surface area contributed by atoms with E-state index in [0.29, 0.717) is 11.1 Å². The molecule has 4 rings (SSSR count). The lowest BCUT2D eigenvalue weighted by Gasteiger charge is -2.33. The summed E-state index contributed by atoms with van der Waals surface area (Å²) in [6, 6.07) is 30.6. The van der Waals surface area contributed by atoms with E-state index >= 15 is 0 Å². The molecule has 0 fully saturated rings. The lowest BCUT2D eigenvalue weighted by molar-refractivity contribution is 0.663. The van der Waals surface area contributed by atoms with Gasteiger partial charge in [0.2, 0.25) is 0 Å². The van der Waals surface area contributed by atoms with Crippen LogP contribution < -0.4 is 4.90 Å². The normalized spacial score (nSPS) is 14.4. The number of unbranched alkanes of at least 4 members (excludes halogenated alkanes) is 3. The standard InChI is InChI=1S/C36H32N4/c1-4-5-6-12-23-40-31(24-33(28-13-8-7-9-14-28)32-15-10-11-16-35(32)40)22-21-30(25-37)36(34(26-38)39-3)29-19-17-27(2)18-20-29/h7-11,13-22,24H,4-6,12,23H2,1-2H3/b30-21?,31-22?,36-34-. The molecule has 1 heterocycles. The number of nitriles is 2. The highest BCUT2D eigenvalue weighted by molar-refractivity contribution is 5.92. The Morgan fingerprint density at radius 2 is 1.62 bits per heavy atom. The summed E-state index contributed by atoms with van der Waals surface area (Å²) in [6.07, 6.45) is 10.4. The molecule has 0 radical (unpaired) electrons. The van der Waals surface area contributed by atoms with Crippen LogP contribution in [0.3, 0.4) is 0 Å². The van der Waals surface area contributed by atoms with Crippen molar-refractivity contribution in [1.29, 1.82) is 10.5 Å². The third kappa shape index (κ3) is 6.30. The SMILES string of the molecule is [C-]#[N+]/C(C#N)=C(\C(C#N)=CC=C1C=C(c2ccccc2)c2ccccc2N1CCCCCC)c1ccc(C)cc1. The van der Waals surface area contributed by atoms with Gasteiger partial charge in [0.1, 0.15) is 0 Å². The molecule has 0 unspecified atom stereocenters. The Hall–Kier alpha value is -5.11. The Morgan fingerprint density at radius 3 is 2.30 bits per heavy atom. The molecule has 0 saturated heterocycles. The van der Waals surface area contributed by atoms with Crippen LogP contribution in [0.2, 0.25) is 0 Å². The van der Waals surface area contributed by atoms with Gasteiger partial charge in [0.25, 0.3) is 5.70 Å². The van der Waals surface area contributed by atoms with Gasteiger partial charge in [0.15, 0.2) is 0 Å². The first-order chi connectivity index (χ1) is 19.6. The van der Waals surface area contributed by atoms with Crippen molar-refractivity contribution in [2.75, 3.05) is 11.4 Å². The molecule has 0 atom stereocenters. The van der Waals surface area contributed by atoms with Gasteiger partial charge >= 0.3 is 0 Å². The third-order valence-electron chi connectivity index (χ3n) is 7.01.